The van der Waals surface area contributed by atoms with Gasteiger partial charge in [0, 0.05) is 44.2 Å². The first kappa shape index (κ1) is 18.5. The van der Waals surface area contributed by atoms with Crippen LogP contribution in [0.25, 0.3) is 11.5 Å². The van der Waals surface area contributed by atoms with Crippen LogP contribution in [0.15, 0.2) is 47.0 Å². The van der Waals surface area contributed by atoms with Crippen LogP contribution in [-0.4, -0.2) is 36.7 Å². The van der Waals surface area contributed by atoms with Crippen LogP contribution >= 0.6 is 11.6 Å². The van der Waals surface area contributed by atoms with E-state index in [9.17, 15) is 4.79 Å². The number of para-hydroxylation sites is 1. The van der Waals surface area contributed by atoms with E-state index in [1.54, 1.807) is 11.0 Å². The number of rotatable bonds is 4. The van der Waals surface area contributed by atoms with Gasteiger partial charge in [-0.25, -0.2) is 0 Å². The Hall–Kier alpha value is -2.86. The highest BCUT2D eigenvalue weighted by Crippen LogP contribution is 2.37. The zero-order chi connectivity index (χ0) is 19.8. The second-order valence-electron chi connectivity index (χ2n) is 7.21. The van der Waals surface area contributed by atoms with Crippen LogP contribution in [0.1, 0.15) is 23.7 Å². The molecule has 0 radical (unpaired) electrons. The topological polar surface area (TPSA) is 62.5 Å². The monoisotopic (exact) mass is 396 g/mol. The van der Waals surface area contributed by atoms with Crippen LogP contribution in [0.3, 0.4) is 0 Å². The molecule has 0 aliphatic carbocycles. The van der Waals surface area contributed by atoms with E-state index >= 15 is 0 Å². The molecule has 144 valence electrons. The molecule has 0 N–H and O–H groups in total. The summed E-state index contributed by atoms with van der Waals surface area (Å²) in [5.74, 6) is 0.900. The second kappa shape index (κ2) is 7.28. The number of benzene rings is 2. The highest BCUT2D eigenvalue weighted by Gasteiger charge is 2.36. The molecule has 0 spiro atoms. The van der Waals surface area contributed by atoms with Crippen LogP contribution in [0.2, 0.25) is 5.02 Å². The van der Waals surface area contributed by atoms with Gasteiger partial charge >= 0.3 is 0 Å². The molecule has 1 aromatic heterocycles. The van der Waals surface area contributed by atoms with Crippen molar-refractivity contribution in [3.63, 3.8) is 0 Å². The van der Waals surface area contributed by atoms with Crippen molar-refractivity contribution >= 4 is 28.9 Å². The van der Waals surface area contributed by atoms with E-state index in [1.165, 1.54) is 0 Å². The summed E-state index contributed by atoms with van der Waals surface area (Å²) in [4.78, 5) is 20.9. The summed E-state index contributed by atoms with van der Waals surface area (Å²) in [6.45, 7) is 2.44. The lowest BCUT2D eigenvalue weighted by atomic mass is 10.1. The van der Waals surface area contributed by atoms with Gasteiger partial charge < -0.3 is 14.3 Å². The van der Waals surface area contributed by atoms with Crippen molar-refractivity contribution in [1.82, 2.24) is 10.1 Å². The Morgan fingerprint density at radius 2 is 1.93 bits per heavy atom. The fraction of sp³-hybridized carbons (Fsp3) is 0.286. The maximum Gasteiger partial charge on any atom is 0.257 e. The summed E-state index contributed by atoms with van der Waals surface area (Å²) >= 11 is 6.34. The van der Waals surface area contributed by atoms with Crippen molar-refractivity contribution in [2.75, 3.05) is 30.4 Å². The molecular formula is C21H21ClN4O2. The fourth-order valence-electron chi connectivity index (χ4n) is 3.48. The number of carbonyl (C=O) groups is 1. The lowest BCUT2D eigenvalue weighted by Gasteiger charge is -2.20. The zero-order valence-electron chi connectivity index (χ0n) is 16.0. The molecule has 2 heterocycles. The molecule has 4 rings (SSSR count). The van der Waals surface area contributed by atoms with Gasteiger partial charge in [-0.3, -0.25) is 4.79 Å². The van der Waals surface area contributed by atoms with E-state index in [0.29, 0.717) is 29.7 Å². The Morgan fingerprint density at radius 3 is 2.61 bits per heavy atom. The highest BCUT2D eigenvalue weighted by atomic mass is 35.5. The minimum absolute atomic E-state index is 0.0166. The van der Waals surface area contributed by atoms with Crippen molar-refractivity contribution in [1.29, 1.82) is 0 Å². The molecule has 1 fully saturated rings. The number of aryl methyl sites for hydroxylation is 1. The lowest BCUT2D eigenvalue weighted by molar-refractivity contribution is -0.117. The summed E-state index contributed by atoms with van der Waals surface area (Å²) in [5, 5.41) is 4.70. The number of amides is 1. The van der Waals surface area contributed by atoms with Crippen molar-refractivity contribution in [3.8, 4) is 11.5 Å². The Morgan fingerprint density at radius 1 is 1.18 bits per heavy atom. The van der Waals surface area contributed by atoms with E-state index in [2.05, 4.69) is 10.1 Å². The number of anilines is 2. The van der Waals surface area contributed by atoms with E-state index in [4.69, 9.17) is 16.1 Å². The molecule has 7 heteroatoms. The Bertz CT molecular complexity index is 993. The first-order chi connectivity index (χ1) is 13.4. The average Bonchev–Trinajstić information content (AvgIpc) is 3.29. The van der Waals surface area contributed by atoms with Gasteiger partial charge in [0.15, 0.2) is 5.82 Å². The average molecular weight is 397 g/mol. The fourth-order valence-corrected chi connectivity index (χ4v) is 3.81. The first-order valence-corrected chi connectivity index (χ1v) is 9.48. The third-order valence-corrected chi connectivity index (χ3v) is 5.33. The van der Waals surface area contributed by atoms with Gasteiger partial charge in [-0.2, -0.15) is 4.98 Å². The number of aromatic nitrogens is 2. The molecule has 0 bridgehead atoms. The minimum atomic E-state index is -0.123. The van der Waals surface area contributed by atoms with E-state index in [-0.39, 0.29) is 11.8 Å². The summed E-state index contributed by atoms with van der Waals surface area (Å²) in [6, 6.07) is 13.5. The summed E-state index contributed by atoms with van der Waals surface area (Å²) in [5.41, 5.74) is 3.68. The van der Waals surface area contributed by atoms with Crippen LogP contribution in [0.4, 0.5) is 11.4 Å². The Kier molecular flexibility index (Phi) is 4.81. The van der Waals surface area contributed by atoms with E-state index in [0.717, 1.165) is 22.5 Å². The predicted octanol–water partition coefficient (Wildman–Crippen LogP) is 4.28. The molecule has 0 saturated carbocycles. The molecule has 1 atom stereocenters. The molecule has 1 aliphatic heterocycles. The van der Waals surface area contributed by atoms with Gasteiger partial charge in [0.05, 0.1) is 10.7 Å². The van der Waals surface area contributed by atoms with E-state index < -0.39 is 0 Å². The molecule has 1 unspecified atom stereocenters. The van der Waals surface area contributed by atoms with Gasteiger partial charge in [-0.15, -0.1) is 0 Å². The second-order valence-corrected chi connectivity index (χ2v) is 7.62. The predicted molar refractivity (Wildman–Crippen MR) is 110 cm³/mol. The largest absolute Gasteiger partial charge is 0.378 e. The molecule has 1 saturated heterocycles. The zero-order valence-corrected chi connectivity index (χ0v) is 16.8. The summed E-state index contributed by atoms with van der Waals surface area (Å²) in [7, 11) is 3.98. The van der Waals surface area contributed by atoms with Crippen LogP contribution in [0, 0.1) is 6.92 Å². The van der Waals surface area contributed by atoms with Crippen LogP contribution in [0.5, 0.6) is 0 Å². The van der Waals surface area contributed by atoms with Crippen molar-refractivity contribution < 1.29 is 9.32 Å². The van der Waals surface area contributed by atoms with Gasteiger partial charge in [0.2, 0.25) is 5.91 Å². The molecule has 1 aliphatic rings. The maximum absolute atomic E-state index is 12.6. The van der Waals surface area contributed by atoms with Gasteiger partial charge in [0.25, 0.3) is 5.89 Å². The highest BCUT2D eigenvalue weighted by molar-refractivity contribution is 6.34. The number of nitrogens with zero attached hydrogens (tertiary/aromatic N) is 4. The molecule has 3 aromatic rings. The first-order valence-electron chi connectivity index (χ1n) is 9.11. The van der Waals surface area contributed by atoms with Crippen molar-refractivity contribution in [2.45, 2.75) is 19.3 Å². The standard InChI is InChI=1S/C21H21ClN4O2/c1-13-5-4-6-17(22)19(13)26-12-15(11-18(26)27)20-23-21(28-24-20)14-7-9-16(10-8-14)25(2)3/h4-10,15H,11-12H2,1-3H3. The molecular weight excluding hydrogens is 376 g/mol. The molecule has 2 aromatic carbocycles. The normalized spacial score (nSPS) is 16.6. The van der Waals surface area contributed by atoms with Crippen LogP contribution in [-0.2, 0) is 4.79 Å². The Labute approximate surface area is 168 Å². The molecule has 1 amide bonds. The number of hydrogen-bond donors (Lipinski definition) is 0. The van der Waals surface area contributed by atoms with Crippen molar-refractivity contribution in [2.24, 2.45) is 0 Å². The van der Waals surface area contributed by atoms with Gasteiger partial charge in [0.1, 0.15) is 0 Å². The lowest BCUT2D eigenvalue weighted by Crippen LogP contribution is -2.25. The molecule has 6 nitrogen and oxygen atoms in total. The summed E-state index contributed by atoms with van der Waals surface area (Å²) < 4.78 is 5.46. The number of carbonyl (C=O) groups excluding carboxylic acids is 1. The minimum Gasteiger partial charge on any atom is -0.378 e. The maximum atomic E-state index is 12.6. The van der Waals surface area contributed by atoms with Crippen LogP contribution < -0.4 is 9.80 Å². The van der Waals surface area contributed by atoms with Gasteiger partial charge in [-0.05, 0) is 42.8 Å². The quantitative estimate of drug-likeness (QED) is 0.658. The van der Waals surface area contributed by atoms with E-state index in [1.807, 2.05) is 62.3 Å². The summed E-state index contributed by atoms with van der Waals surface area (Å²) in [6.07, 6.45) is 0.337. The SMILES string of the molecule is Cc1cccc(Cl)c1N1CC(c2noc(-c3ccc(N(C)C)cc3)n2)CC1=O. The number of halogens is 1. The van der Waals surface area contributed by atoms with Crippen molar-refractivity contribution in [3.05, 3.63) is 58.9 Å². The van der Waals surface area contributed by atoms with Gasteiger partial charge in [-0.1, -0.05) is 28.9 Å². The smallest absolute Gasteiger partial charge is 0.257 e. The molecule has 28 heavy (non-hydrogen) atoms. The third-order valence-electron chi connectivity index (χ3n) is 5.02. The number of hydrogen-bond acceptors (Lipinski definition) is 5. The third kappa shape index (κ3) is 3.36. The Balaban J connectivity index is 1.56.